The maximum absolute atomic E-state index is 6.58. The van der Waals surface area contributed by atoms with Crippen molar-refractivity contribution in [2.24, 2.45) is 0 Å². The van der Waals surface area contributed by atoms with Crippen molar-refractivity contribution in [3.8, 4) is 66.8 Å². The molecular formula is C60H41NO. The molecule has 1 aromatic heterocycles. The maximum atomic E-state index is 6.58. The molecule has 0 spiro atoms. The molecule has 62 heavy (non-hydrogen) atoms. The van der Waals surface area contributed by atoms with Gasteiger partial charge in [0.2, 0.25) is 0 Å². The number of furan rings is 1. The first-order chi connectivity index (χ1) is 30.8. The lowest BCUT2D eigenvalue weighted by atomic mass is 9.87. The summed E-state index contributed by atoms with van der Waals surface area (Å²) in [4.78, 5) is 2.42. The van der Waals surface area contributed by atoms with Crippen LogP contribution < -0.4 is 4.90 Å². The number of hydrogen-bond donors (Lipinski definition) is 0. The van der Waals surface area contributed by atoms with Crippen LogP contribution >= 0.6 is 0 Å². The van der Waals surface area contributed by atoms with E-state index in [0.29, 0.717) is 0 Å². The van der Waals surface area contributed by atoms with Gasteiger partial charge in [-0.3, -0.25) is 0 Å². The van der Waals surface area contributed by atoms with Gasteiger partial charge in [-0.2, -0.15) is 0 Å². The summed E-state index contributed by atoms with van der Waals surface area (Å²) in [7, 11) is 0. The Morgan fingerprint density at radius 3 is 1.44 bits per heavy atom. The van der Waals surface area contributed by atoms with Gasteiger partial charge in [0.05, 0.1) is 5.69 Å². The maximum Gasteiger partial charge on any atom is 0.143 e. The molecule has 0 unspecified atom stereocenters. The molecule has 0 amide bonds. The van der Waals surface area contributed by atoms with Crippen LogP contribution in [0.1, 0.15) is 0 Å². The molecule has 0 atom stereocenters. The van der Waals surface area contributed by atoms with Crippen molar-refractivity contribution in [2.75, 3.05) is 4.90 Å². The van der Waals surface area contributed by atoms with E-state index in [-0.39, 0.29) is 0 Å². The van der Waals surface area contributed by atoms with Crippen molar-refractivity contribution in [3.63, 3.8) is 0 Å². The van der Waals surface area contributed by atoms with Gasteiger partial charge in [-0.05, 0) is 92.0 Å². The fourth-order valence-corrected chi connectivity index (χ4v) is 8.94. The van der Waals surface area contributed by atoms with Crippen molar-refractivity contribution in [1.82, 2.24) is 0 Å². The highest BCUT2D eigenvalue weighted by Gasteiger charge is 2.23. The molecule has 0 aliphatic heterocycles. The van der Waals surface area contributed by atoms with E-state index in [1.165, 1.54) is 27.8 Å². The SMILES string of the molecule is c1ccc(-c2ccc(-c3ccc(N(c4cccc(-c5cccc6c5oc5ccccc56)c4)c4cccc(-c5ccccc5)c4-c4ccccc4-c4ccccc4)cc3)cc2)cc1. The third-order valence-electron chi connectivity index (χ3n) is 11.9. The Morgan fingerprint density at radius 2 is 0.742 bits per heavy atom. The van der Waals surface area contributed by atoms with Crippen molar-refractivity contribution in [3.05, 3.63) is 249 Å². The fraction of sp³-hybridized carbons (Fsp3) is 0. The number of rotatable bonds is 9. The highest BCUT2D eigenvalue weighted by atomic mass is 16.3. The molecule has 1 heterocycles. The fourth-order valence-electron chi connectivity index (χ4n) is 8.94. The molecule has 0 bridgehead atoms. The van der Waals surface area contributed by atoms with Crippen LogP contribution in [0.25, 0.3) is 88.7 Å². The molecule has 11 rings (SSSR count). The van der Waals surface area contributed by atoms with Gasteiger partial charge in [-0.1, -0.05) is 212 Å². The van der Waals surface area contributed by atoms with Gasteiger partial charge in [0.25, 0.3) is 0 Å². The third kappa shape index (κ3) is 6.84. The summed E-state index contributed by atoms with van der Waals surface area (Å²) < 4.78 is 6.58. The summed E-state index contributed by atoms with van der Waals surface area (Å²) in [6.07, 6.45) is 0. The zero-order valence-electron chi connectivity index (χ0n) is 34.0. The second-order valence-electron chi connectivity index (χ2n) is 15.6. The normalized spacial score (nSPS) is 11.2. The van der Waals surface area contributed by atoms with E-state index in [9.17, 15) is 0 Å². The molecule has 0 saturated heterocycles. The smallest absolute Gasteiger partial charge is 0.143 e. The van der Waals surface area contributed by atoms with E-state index in [1.807, 2.05) is 12.1 Å². The second-order valence-corrected chi connectivity index (χ2v) is 15.6. The molecule has 0 N–H and O–H groups in total. The Balaban J connectivity index is 1.12. The van der Waals surface area contributed by atoms with Gasteiger partial charge in [-0.25, -0.2) is 0 Å². The predicted molar refractivity (Wildman–Crippen MR) is 261 cm³/mol. The van der Waals surface area contributed by atoms with E-state index >= 15 is 0 Å². The molecule has 0 aliphatic rings. The van der Waals surface area contributed by atoms with Crippen molar-refractivity contribution >= 4 is 39.0 Å². The first-order valence-corrected chi connectivity index (χ1v) is 21.2. The number of benzene rings is 10. The van der Waals surface area contributed by atoms with Gasteiger partial charge >= 0.3 is 0 Å². The molecule has 11 aromatic rings. The topological polar surface area (TPSA) is 16.4 Å². The molecule has 2 heteroatoms. The van der Waals surface area contributed by atoms with Crippen LogP contribution in [-0.4, -0.2) is 0 Å². The summed E-state index contributed by atoms with van der Waals surface area (Å²) in [6, 6.07) is 89.1. The summed E-state index contributed by atoms with van der Waals surface area (Å²) in [5.41, 5.74) is 18.8. The number of anilines is 3. The van der Waals surface area contributed by atoms with Gasteiger partial charge < -0.3 is 9.32 Å². The Bertz CT molecular complexity index is 3310. The zero-order valence-corrected chi connectivity index (χ0v) is 34.0. The van der Waals surface area contributed by atoms with Crippen molar-refractivity contribution in [1.29, 1.82) is 0 Å². The van der Waals surface area contributed by atoms with Crippen LogP contribution in [-0.2, 0) is 0 Å². The van der Waals surface area contributed by atoms with Crippen LogP contribution in [0.5, 0.6) is 0 Å². The minimum absolute atomic E-state index is 0.891. The first-order valence-electron chi connectivity index (χ1n) is 21.2. The third-order valence-corrected chi connectivity index (χ3v) is 11.9. The zero-order chi connectivity index (χ0) is 41.2. The monoisotopic (exact) mass is 791 g/mol. The van der Waals surface area contributed by atoms with E-state index in [2.05, 4.69) is 241 Å². The van der Waals surface area contributed by atoms with E-state index in [0.717, 1.165) is 77.9 Å². The predicted octanol–water partition coefficient (Wildman–Crippen LogP) is 17.1. The Morgan fingerprint density at radius 1 is 0.274 bits per heavy atom. The van der Waals surface area contributed by atoms with Gasteiger partial charge in [0, 0.05) is 33.3 Å². The van der Waals surface area contributed by atoms with Crippen LogP contribution in [0, 0.1) is 0 Å². The molecule has 10 aromatic carbocycles. The lowest BCUT2D eigenvalue weighted by Gasteiger charge is -2.30. The van der Waals surface area contributed by atoms with Crippen LogP contribution in [0.4, 0.5) is 17.1 Å². The average Bonchev–Trinajstić information content (AvgIpc) is 3.74. The summed E-state index contributed by atoms with van der Waals surface area (Å²) in [5, 5.41) is 2.24. The lowest BCUT2D eigenvalue weighted by molar-refractivity contribution is 0.670. The van der Waals surface area contributed by atoms with Crippen molar-refractivity contribution < 1.29 is 4.42 Å². The van der Waals surface area contributed by atoms with Gasteiger partial charge in [0.15, 0.2) is 0 Å². The van der Waals surface area contributed by atoms with Crippen LogP contribution in [0.3, 0.4) is 0 Å². The molecule has 2 nitrogen and oxygen atoms in total. The molecule has 292 valence electrons. The molecule has 0 aliphatic carbocycles. The van der Waals surface area contributed by atoms with E-state index in [1.54, 1.807) is 0 Å². The average molecular weight is 792 g/mol. The number of fused-ring (bicyclic) bond motifs is 3. The minimum Gasteiger partial charge on any atom is -0.455 e. The second kappa shape index (κ2) is 16.1. The summed E-state index contributed by atoms with van der Waals surface area (Å²) in [5.74, 6) is 0. The molecular weight excluding hydrogens is 751 g/mol. The minimum atomic E-state index is 0.891. The van der Waals surface area contributed by atoms with E-state index < -0.39 is 0 Å². The number of para-hydroxylation sites is 2. The van der Waals surface area contributed by atoms with Crippen molar-refractivity contribution in [2.45, 2.75) is 0 Å². The molecule has 0 saturated carbocycles. The quantitative estimate of drug-likeness (QED) is 0.145. The molecule has 0 fully saturated rings. The first kappa shape index (κ1) is 36.8. The molecule has 0 radical (unpaired) electrons. The van der Waals surface area contributed by atoms with Crippen LogP contribution in [0.2, 0.25) is 0 Å². The lowest BCUT2D eigenvalue weighted by Crippen LogP contribution is -2.12. The Kier molecular flexibility index (Phi) is 9.57. The number of hydrogen-bond acceptors (Lipinski definition) is 2. The number of nitrogens with zero attached hydrogens (tertiary/aromatic N) is 1. The standard InChI is InChI=1S/C60H41NO/c1-4-17-42(18-5-1)43-33-35-44(36-34-43)45-37-39-49(40-38-45)61(50-24-14-23-48(41-50)53-29-15-30-56-54-26-12-13-32-58(54)62-60(53)56)57-31-16-28-52(47-21-8-3-9-22-47)59(57)55-27-11-10-25-51(55)46-19-6-2-7-20-46/h1-41H. The van der Waals surface area contributed by atoms with Gasteiger partial charge in [0.1, 0.15) is 11.2 Å². The Labute approximate surface area is 362 Å². The van der Waals surface area contributed by atoms with Crippen LogP contribution in [0.15, 0.2) is 253 Å². The van der Waals surface area contributed by atoms with Gasteiger partial charge in [-0.15, -0.1) is 0 Å². The highest BCUT2D eigenvalue weighted by molar-refractivity contribution is 6.10. The Hall–Kier alpha value is -8.20. The van der Waals surface area contributed by atoms with E-state index in [4.69, 9.17) is 4.42 Å². The highest BCUT2D eigenvalue weighted by Crippen LogP contribution is 2.49. The summed E-state index contributed by atoms with van der Waals surface area (Å²) in [6.45, 7) is 0. The summed E-state index contributed by atoms with van der Waals surface area (Å²) >= 11 is 0. The largest absolute Gasteiger partial charge is 0.455 e.